The molecule has 0 saturated carbocycles. The quantitative estimate of drug-likeness (QED) is 0.828. The molecule has 0 bridgehead atoms. The van der Waals surface area contributed by atoms with E-state index in [1.54, 1.807) is 18.2 Å². The van der Waals surface area contributed by atoms with Gasteiger partial charge < -0.3 is 15.1 Å². The number of sulfone groups is 1. The maximum atomic E-state index is 12.9. The number of nitrogens with zero attached hydrogens (tertiary/aromatic N) is 1. The van der Waals surface area contributed by atoms with Crippen molar-refractivity contribution in [3.63, 3.8) is 0 Å². The fourth-order valence-corrected chi connectivity index (χ4v) is 4.76. The summed E-state index contributed by atoms with van der Waals surface area (Å²) in [5, 5.41) is 5.89. The van der Waals surface area contributed by atoms with Crippen molar-refractivity contribution in [1.29, 1.82) is 0 Å². The van der Waals surface area contributed by atoms with Gasteiger partial charge in [0.15, 0.2) is 26.1 Å². The summed E-state index contributed by atoms with van der Waals surface area (Å²) in [6.45, 7) is 7.32. The summed E-state index contributed by atoms with van der Waals surface area (Å²) in [6.07, 6.45) is 2.37. The number of rotatable bonds is 4. The Morgan fingerprint density at radius 2 is 1.96 bits per heavy atom. The topological polar surface area (TPSA) is 101 Å². The van der Waals surface area contributed by atoms with Crippen LogP contribution in [-0.2, 0) is 21.1 Å². The van der Waals surface area contributed by atoms with Crippen LogP contribution in [0.1, 0.15) is 39.5 Å². The molecule has 148 valence electrons. The van der Waals surface area contributed by atoms with Gasteiger partial charge in [0.1, 0.15) is 5.52 Å². The Morgan fingerprint density at radius 1 is 1.30 bits per heavy atom. The number of aromatic nitrogens is 1. The molecule has 1 amide bonds. The number of nitrogens with one attached hydrogen (secondary N) is 2. The molecule has 1 aromatic carbocycles. The van der Waals surface area contributed by atoms with Gasteiger partial charge in [0.05, 0.1) is 0 Å². The molecule has 2 N–H and O–H groups in total. The van der Waals surface area contributed by atoms with Crippen molar-refractivity contribution < 1.29 is 17.6 Å². The third-order valence-corrected chi connectivity index (χ3v) is 6.92. The lowest BCUT2D eigenvalue weighted by Gasteiger charge is -2.34. The average molecular weight is 394 g/mol. The highest BCUT2D eigenvalue weighted by Crippen LogP contribution is 2.30. The lowest BCUT2D eigenvalue weighted by Crippen LogP contribution is -2.55. The van der Waals surface area contributed by atoms with Crippen molar-refractivity contribution in [2.75, 3.05) is 24.7 Å². The first kappa shape index (κ1) is 19.8. The predicted molar refractivity (Wildman–Crippen MR) is 105 cm³/mol. The van der Waals surface area contributed by atoms with E-state index in [0.717, 1.165) is 6.26 Å². The molecule has 0 aliphatic carbocycles. The van der Waals surface area contributed by atoms with Crippen molar-refractivity contribution in [1.82, 2.24) is 10.3 Å². The van der Waals surface area contributed by atoms with E-state index in [9.17, 15) is 13.2 Å². The summed E-state index contributed by atoms with van der Waals surface area (Å²) in [5.74, 6) is 0.163. The zero-order valence-electron chi connectivity index (χ0n) is 16.3. The van der Waals surface area contributed by atoms with Crippen molar-refractivity contribution >= 4 is 32.5 Å². The maximum absolute atomic E-state index is 12.9. The van der Waals surface area contributed by atoms with E-state index >= 15 is 0 Å². The highest BCUT2D eigenvalue weighted by molar-refractivity contribution is 7.92. The van der Waals surface area contributed by atoms with Crippen LogP contribution in [0.4, 0.5) is 5.69 Å². The van der Waals surface area contributed by atoms with Crippen molar-refractivity contribution in [3.8, 4) is 0 Å². The van der Waals surface area contributed by atoms with Crippen LogP contribution in [0.3, 0.4) is 0 Å². The molecule has 1 aliphatic heterocycles. The minimum atomic E-state index is -3.55. The van der Waals surface area contributed by atoms with Gasteiger partial charge in [-0.25, -0.2) is 13.4 Å². The first-order chi connectivity index (χ1) is 12.5. The first-order valence-corrected chi connectivity index (χ1v) is 11.0. The second-order valence-corrected chi connectivity index (χ2v) is 10.8. The lowest BCUT2D eigenvalue weighted by molar-refractivity contribution is -0.119. The molecule has 27 heavy (non-hydrogen) atoms. The number of carbonyl (C=O) groups is 1. The Balaban J connectivity index is 1.86. The van der Waals surface area contributed by atoms with Gasteiger partial charge in [0.2, 0.25) is 5.91 Å². The van der Waals surface area contributed by atoms with Gasteiger partial charge in [0, 0.05) is 18.4 Å². The molecule has 2 heterocycles. The van der Waals surface area contributed by atoms with Crippen LogP contribution in [-0.4, -0.2) is 43.4 Å². The molecule has 1 saturated heterocycles. The number of amides is 1. The Labute approximate surface area is 159 Å². The summed E-state index contributed by atoms with van der Waals surface area (Å²) in [6, 6.07) is 5.18. The highest BCUT2D eigenvalue weighted by atomic mass is 32.2. The molecule has 0 spiro atoms. The zero-order chi connectivity index (χ0) is 19.9. The monoisotopic (exact) mass is 393 g/mol. The van der Waals surface area contributed by atoms with Crippen molar-refractivity contribution in [2.24, 2.45) is 5.41 Å². The number of anilines is 1. The number of hydrogen-bond acceptors (Lipinski definition) is 6. The smallest absolute Gasteiger partial charge is 0.245 e. The minimum absolute atomic E-state index is 0.0504. The summed E-state index contributed by atoms with van der Waals surface area (Å²) in [7, 11) is -3.55. The third-order valence-electron chi connectivity index (χ3n) is 4.91. The third kappa shape index (κ3) is 4.16. The van der Waals surface area contributed by atoms with Gasteiger partial charge >= 0.3 is 0 Å². The SMILES string of the molecule is CC(C)(C)Cc1nc2cc(NC(=O)C3(S(C)(=O)=O)CCNCC3)ccc2o1. The fourth-order valence-electron chi connectivity index (χ4n) is 3.42. The largest absolute Gasteiger partial charge is 0.441 e. The summed E-state index contributed by atoms with van der Waals surface area (Å²) in [5.41, 5.74) is 1.86. The fraction of sp³-hybridized carbons (Fsp3) is 0.579. The Morgan fingerprint density at radius 3 is 2.56 bits per heavy atom. The molecular weight excluding hydrogens is 366 g/mol. The molecule has 1 aliphatic rings. The Hall–Kier alpha value is -1.93. The number of oxazole rings is 1. The molecule has 0 unspecified atom stereocenters. The van der Waals surface area contributed by atoms with Crippen LogP contribution in [0.25, 0.3) is 11.1 Å². The van der Waals surface area contributed by atoms with Gasteiger partial charge in [-0.15, -0.1) is 0 Å². The number of benzene rings is 1. The van der Waals surface area contributed by atoms with Gasteiger partial charge in [-0.1, -0.05) is 20.8 Å². The highest BCUT2D eigenvalue weighted by Gasteiger charge is 2.48. The number of fused-ring (bicyclic) bond motifs is 1. The molecule has 1 fully saturated rings. The normalized spacial score (nSPS) is 17.8. The summed E-state index contributed by atoms with van der Waals surface area (Å²) < 4.78 is 29.1. The Bertz CT molecular complexity index is 951. The van der Waals surface area contributed by atoms with Gasteiger partial charge in [0.25, 0.3) is 0 Å². The van der Waals surface area contributed by atoms with Gasteiger partial charge in [-0.3, -0.25) is 4.79 Å². The maximum Gasteiger partial charge on any atom is 0.245 e. The molecule has 0 atom stereocenters. The van der Waals surface area contributed by atoms with Crippen LogP contribution in [0.2, 0.25) is 0 Å². The molecule has 1 aromatic heterocycles. The lowest BCUT2D eigenvalue weighted by atomic mass is 9.92. The molecule has 0 radical (unpaired) electrons. The molecule has 8 heteroatoms. The van der Waals surface area contributed by atoms with Crippen LogP contribution < -0.4 is 10.6 Å². The van der Waals surface area contributed by atoms with E-state index in [4.69, 9.17) is 4.42 Å². The Kier molecular flexibility index (Phi) is 5.07. The zero-order valence-corrected chi connectivity index (χ0v) is 17.1. The minimum Gasteiger partial charge on any atom is -0.441 e. The van der Waals surface area contributed by atoms with E-state index in [-0.39, 0.29) is 18.3 Å². The second kappa shape index (κ2) is 6.91. The summed E-state index contributed by atoms with van der Waals surface area (Å²) in [4.78, 5) is 17.4. The van der Waals surface area contributed by atoms with Crippen LogP contribution in [0.5, 0.6) is 0 Å². The molecule has 2 aromatic rings. The van der Waals surface area contributed by atoms with E-state index in [2.05, 4.69) is 36.4 Å². The first-order valence-electron chi connectivity index (χ1n) is 9.11. The number of piperidine rings is 1. The molecule has 7 nitrogen and oxygen atoms in total. The van der Waals surface area contributed by atoms with Crippen molar-refractivity contribution in [2.45, 2.75) is 44.8 Å². The van der Waals surface area contributed by atoms with E-state index in [1.165, 1.54) is 0 Å². The average Bonchev–Trinajstić information content (AvgIpc) is 2.93. The predicted octanol–water partition coefficient (Wildman–Crippen LogP) is 2.52. The van der Waals surface area contributed by atoms with Crippen molar-refractivity contribution in [3.05, 3.63) is 24.1 Å². The molecule has 3 rings (SSSR count). The van der Waals surface area contributed by atoms with E-state index < -0.39 is 20.5 Å². The summed E-state index contributed by atoms with van der Waals surface area (Å²) >= 11 is 0. The van der Waals surface area contributed by atoms with Gasteiger partial charge in [-0.05, 0) is 49.5 Å². The van der Waals surface area contributed by atoms with E-state index in [0.29, 0.717) is 42.2 Å². The number of carbonyl (C=O) groups excluding carboxylic acids is 1. The standard InChI is InChI=1S/C19H27N3O4S/c1-18(2,3)12-16-22-14-11-13(5-6-15(14)26-16)21-17(23)19(27(4,24)25)7-9-20-10-8-19/h5-6,11,20H,7-10,12H2,1-4H3,(H,21,23). The van der Waals surface area contributed by atoms with E-state index in [1.807, 2.05) is 0 Å². The van der Waals surface area contributed by atoms with Crippen LogP contribution >= 0.6 is 0 Å². The van der Waals surface area contributed by atoms with Crippen LogP contribution in [0.15, 0.2) is 22.6 Å². The van der Waals surface area contributed by atoms with Crippen LogP contribution in [0, 0.1) is 5.41 Å². The molecular formula is C19H27N3O4S. The van der Waals surface area contributed by atoms with Gasteiger partial charge in [-0.2, -0.15) is 0 Å². The second-order valence-electron chi connectivity index (χ2n) is 8.50. The number of hydrogen-bond donors (Lipinski definition) is 2.